The van der Waals surface area contributed by atoms with Crippen molar-refractivity contribution in [2.75, 3.05) is 0 Å². The fourth-order valence-corrected chi connectivity index (χ4v) is 2.59. The van der Waals surface area contributed by atoms with Crippen LogP contribution in [0.5, 0.6) is 0 Å². The number of hydrogen-bond donors (Lipinski definition) is 4. The van der Waals surface area contributed by atoms with E-state index < -0.39 is 57.5 Å². The Morgan fingerprint density at radius 3 is 1.08 bits per heavy atom. The fraction of sp³-hybridized carbons (Fsp3) is 0.833. The molecule has 0 aromatic rings. The summed E-state index contributed by atoms with van der Waals surface area (Å²) in [5.41, 5.74) is 0. The molecule has 8 nitrogen and oxygen atoms in total. The Kier molecular flexibility index (Phi) is 23.2. The maximum Gasteiger partial charge on any atom is 0.321 e. The Bertz CT molecular complexity index is 598. The molecule has 0 amide bonds. The minimum Gasteiger partial charge on any atom is -0.424 e. The number of carbonyl (C=O) groups is 4. The maximum atomic E-state index is 11.5. The molecule has 0 heterocycles. The van der Waals surface area contributed by atoms with Crippen LogP contribution in [0.15, 0.2) is 0 Å². The minimum atomic E-state index is -0.839. The van der Waals surface area contributed by atoms with E-state index in [1.54, 1.807) is 27.7 Å². The van der Waals surface area contributed by atoms with E-state index in [2.05, 4.69) is 57.4 Å². The van der Waals surface area contributed by atoms with Gasteiger partial charge in [-0.3, -0.25) is 19.2 Å². The molecule has 36 heavy (non-hydrogen) atoms. The van der Waals surface area contributed by atoms with Crippen molar-refractivity contribution in [2.24, 2.45) is 0 Å². The highest BCUT2D eigenvalue weighted by atomic mass is 32.1. The number of ether oxygens (including phenoxy) is 4. The number of esters is 4. The molecule has 0 aromatic carbocycles. The quantitative estimate of drug-likeness (QED) is 0.0841. The molecule has 212 valence electrons. The summed E-state index contributed by atoms with van der Waals surface area (Å²) in [5.74, 6) is -1.96. The molecule has 0 rings (SSSR count). The Balaban J connectivity index is 0. The molecule has 0 aliphatic carbocycles. The summed E-state index contributed by atoms with van der Waals surface area (Å²) in [7, 11) is 0. The maximum absolute atomic E-state index is 11.5. The topological polar surface area (TPSA) is 105 Å². The smallest absolute Gasteiger partial charge is 0.321 e. The Morgan fingerprint density at radius 1 is 0.500 bits per heavy atom. The molecule has 0 saturated heterocycles. The van der Waals surface area contributed by atoms with Gasteiger partial charge in [-0.25, -0.2) is 0 Å². The van der Waals surface area contributed by atoms with Crippen molar-refractivity contribution in [3.8, 4) is 0 Å². The van der Waals surface area contributed by atoms with Gasteiger partial charge in [-0.2, -0.15) is 50.5 Å². The van der Waals surface area contributed by atoms with Crippen LogP contribution in [-0.4, -0.2) is 57.5 Å². The molecular weight excluding hydrogens is 545 g/mol. The molecule has 0 bridgehead atoms. The summed E-state index contributed by atoms with van der Waals surface area (Å²) < 4.78 is 20.3. The van der Waals surface area contributed by atoms with Crippen molar-refractivity contribution in [1.29, 1.82) is 0 Å². The van der Waals surface area contributed by atoms with Crippen LogP contribution in [-0.2, 0) is 38.1 Å². The Morgan fingerprint density at radius 2 is 0.806 bits per heavy atom. The van der Waals surface area contributed by atoms with Gasteiger partial charge in [0.25, 0.3) is 0 Å². The van der Waals surface area contributed by atoms with Crippen molar-refractivity contribution in [2.45, 2.75) is 126 Å². The van der Waals surface area contributed by atoms with E-state index in [0.717, 1.165) is 25.7 Å². The van der Waals surface area contributed by atoms with Crippen LogP contribution < -0.4 is 0 Å². The second kappa shape index (κ2) is 22.3. The zero-order valence-electron chi connectivity index (χ0n) is 22.2. The van der Waals surface area contributed by atoms with E-state index in [1.165, 1.54) is 12.8 Å². The Labute approximate surface area is 238 Å². The molecule has 0 aliphatic heterocycles. The predicted molar refractivity (Wildman–Crippen MR) is 154 cm³/mol. The van der Waals surface area contributed by atoms with Crippen molar-refractivity contribution in [1.82, 2.24) is 0 Å². The third-order valence-corrected chi connectivity index (χ3v) is 5.27. The third kappa shape index (κ3) is 20.4. The van der Waals surface area contributed by atoms with Gasteiger partial charge in [0.1, 0.15) is 0 Å². The first-order chi connectivity index (χ1) is 16.8. The first-order valence-electron chi connectivity index (χ1n) is 12.3. The first-order valence-corrected chi connectivity index (χ1v) is 14.4. The lowest BCUT2D eigenvalue weighted by molar-refractivity contribution is -0.189. The van der Waals surface area contributed by atoms with Crippen molar-refractivity contribution in [3.63, 3.8) is 0 Å². The SMILES string of the molecule is CCCC(OC(=O)C(C)S)OC(=O)C(C)S.CCCCCCCC(OC(=O)C(C)S)OC(=O)C(C)S. The summed E-state index contributed by atoms with van der Waals surface area (Å²) in [5, 5.41) is -2.15. The van der Waals surface area contributed by atoms with Crippen LogP contribution in [0, 0.1) is 0 Å². The highest BCUT2D eigenvalue weighted by molar-refractivity contribution is 7.82. The fourth-order valence-electron chi connectivity index (χ4n) is 2.35. The second-order valence-corrected chi connectivity index (χ2v) is 11.4. The molecule has 0 aliphatic rings. The standard InChI is InChI=1S/C14H26O4S2.C10H18O4S2/c1-4-5-6-7-8-9-12(17-13(15)10(2)19)18-14(16)11(3)20;1-4-5-8(13-9(11)6(2)15)14-10(12)7(3)16/h10-12,19-20H,4-9H2,1-3H3;6-8,15-16H,4-5H2,1-3H3. The van der Waals surface area contributed by atoms with E-state index >= 15 is 0 Å². The lowest BCUT2D eigenvalue weighted by Crippen LogP contribution is -2.30. The van der Waals surface area contributed by atoms with E-state index in [1.807, 2.05) is 6.92 Å². The van der Waals surface area contributed by atoms with Crippen molar-refractivity contribution < 1.29 is 38.1 Å². The van der Waals surface area contributed by atoms with Gasteiger partial charge in [0, 0.05) is 12.8 Å². The van der Waals surface area contributed by atoms with E-state index in [0.29, 0.717) is 12.8 Å². The van der Waals surface area contributed by atoms with Gasteiger partial charge in [-0.05, 0) is 40.5 Å². The molecule has 0 fully saturated rings. The predicted octanol–water partition coefficient (Wildman–Crippen LogP) is 5.23. The van der Waals surface area contributed by atoms with Gasteiger partial charge in [-0.15, -0.1) is 0 Å². The van der Waals surface area contributed by atoms with Crippen LogP contribution >= 0.6 is 50.5 Å². The minimum absolute atomic E-state index is 0.471. The first kappa shape index (κ1) is 37.4. The monoisotopic (exact) mass is 588 g/mol. The van der Waals surface area contributed by atoms with Gasteiger partial charge >= 0.3 is 23.9 Å². The summed E-state index contributed by atoms with van der Waals surface area (Å²) >= 11 is 15.9. The molecule has 0 N–H and O–H groups in total. The van der Waals surface area contributed by atoms with Gasteiger partial charge in [0.05, 0.1) is 21.0 Å². The molecule has 0 radical (unpaired) electrons. The Hall–Kier alpha value is -0.720. The van der Waals surface area contributed by atoms with Crippen LogP contribution in [0.25, 0.3) is 0 Å². The molecule has 4 atom stereocenters. The van der Waals surface area contributed by atoms with E-state index in [4.69, 9.17) is 18.9 Å². The number of thiol groups is 4. The highest BCUT2D eigenvalue weighted by Crippen LogP contribution is 2.14. The van der Waals surface area contributed by atoms with Gasteiger partial charge in [0.15, 0.2) is 0 Å². The largest absolute Gasteiger partial charge is 0.424 e. The zero-order valence-corrected chi connectivity index (χ0v) is 25.8. The molecule has 0 aromatic heterocycles. The normalized spacial score (nSPS) is 15.6. The van der Waals surface area contributed by atoms with Gasteiger partial charge < -0.3 is 18.9 Å². The average molecular weight is 589 g/mol. The van der Waals surface area contributed by atoms with Crippen LogP contribution in [0.3, 0.4) is 0 Å². The van der Waals surface area contributed by atoms with E-state index in [-0.39, 0.29) is 0 Å². The summed E-state index contributed by atoms with van der Waals surface area (Å²) in [6.07, 6.45) is 5.44. The number of rotatable bonds is 16. The summed E-state index contributed by atoms with van der Waals surface area (Å²) in [4.78, 5) is 45.6. The molecule has 0 saturated carbocycles. The third-order valence-electron chi connectivity index (χ3n) is 4.42. The number of carbonyl (C=O) groups excluding carboxylic acids is 4. The summed E-state index contributed by atoms with van der Waals surface area (Å²) in [6.45, 7) is 10.5. The van der Waals surface area contributed by atoms with Gasteiger partial charge in [0.2, 0.25) is 12.6 Å². The van der Waals surface area contributed by atoms with Gasteiger partial charge in [-0.1, -0.05) is 39.5 Å². The summed E-state index contributed by atoms with van der Waals surface area (Å²) in [6, 6.07) is 0. The molecule has 4 unspecified atom stereocenters. The lowest BCUT2D eigenvalue weighted by Gasteiger charge is -2.20. The van der Waals surface area contributed by atoms with Crippen molar-refractivity contribution >= 4 is 74.4 Å². The number of unbranched alkanes of at least 4 members (excludes halogenated alkanes) is 4. The highest BCUT2D eigenvalue weighted by Gasteiger charge is 2.23. The number of hydrogen-bond acceptors (Lipinski definition) is 12. The van der Waals surface area contributed by atoms with Crippen molar-refractivity contribution in [3.05, 3.63) is 0 Å². The van der Waals surface area contributed by atoms with Crippen LogP contribution in [0.4, 0.5) is 0 Å². The molecular formula is C24H44O8S4. The van der Waals surface area contributed by atoms with Crippen LogP contribution in [0.2, 0.25) is 0 Å². The lowest BCUT2D eigenvalue weighted by atomic mass is 10.1. The second-order valence-electron chi connectivity index (χ2n) is 8.30. The van der Waals surface area contributed by atoms with Crippen LogP contribution in [0.1, 0.15) is 92.9 Å². The molecule has 12 heteroatoms. The molecule has 0 spiro atoms. The zero-order chi connectivity index (χ0) is 28.3. The average Bonchev–Trinajstić information content (AvgIpc) is 2.78. The van der Waals surface area contributed by atoms with E-state index in [9.17, 15) is 19.2 Å².